The number of nitrogens with zero attached hydrogens (tertiary/aromatic N) is 2. The first-order valence-corrected chi connectivity index (χ1v) is 3.81. The molecule has 0 spiro atoms. The fraction of sp³-hybridized carbons (Fsp3) is 0.429. The summed E-state index contributed by atoms with van der Waals surface area (Å²) in [5, 5.41) is 1.75. The van der Waals surface area contributed by atoms with Crippen LogP contribution < -0.4 is 5.32 Å². The largest absolute Gasteiger partial charge is 0.471 e. The standard InChI is InChI=1S/C7H8F3N3O/c8-7(9,10)6(14)12-2-4-13-3-1-11-5-13/h1,3,5H,2,4H2,(H,12,14). The zero-order valence-corrected chi connectivity index (χ0v) is 7.08. The molecule has 1 heterocycles. The Morgan fingerprint density at radius 1 is 1.50 bits per heavy atom. The lowest BCUT2D eigenvalue weighted by atomic mass is 10.5. The Morgan fingerprint density at radius 2 is 2.21 bits per heavy atom. The third kappa shape index (κ3) is 3.08. The van der Waals surface area contributed by atoms with Crippen LogP contribution in [0.2, 0.25) is 0 Å². The quantitative estimate of drug-likeness (QED) is 0.787. The van der Waals surface area contributed by atoms with Gasteiger partial charge in [-0.05, 0) is 0 Å². The van der Waals surface area contributed by atoms with Crippen LogP contribution in [-0.2, 0) is 11.3 Å². The summed E-state index contributed by atoms with van der Waals surface area (Å²) in [7, 11) is 0. The van der Waals surface area contributed by atoms with Crippen LogP contribution in [0.1, 0.15) is 0 Å². The van der Waals surface area contributed by atoms with E-state index in [1.54, 1.807) is 16.1 Å². The maximum absolute atomic E-state index is 11.7. The van der Waals surface area contributed by atoms with Crippen LogP contribution in [0.15, 0.2) is 18.7 Å². The second-order valence-electron chi connectivity index (χ2n) is 2.55. The van der Waals surface area contributed by atoms with Crippen LogP contribution in [0, 0.1) is 0 Å². The number of aromatic nitrogens is 2. The number of carbonyl (C=O) groups is 1. The molecule has 1 N–H and O–H groups in total. The molecule has 0 bridgehead atoms. The fourth-order valence-electron chi connectivity index (χ4n) is 0.818. The SMILES string of the molecule is O=C(NCCn1ccnc1)C(F)(F)F. The number of nitrogens with one attached hydrogen (secondary N) is 1. The van der Waals surface area contributed by atoms with Gasteiger partial charge in [0.25, 0.3) is 0 Å². The molecule has 14 heavy (non-hydrogen) atoms. The van der Waals surface area contributed by atoms with Crippen molar-refractivity contribution in [2.75, 3.05) is 6.54 Å². The predicted molar refractivity (Wildman–Crippen MR) is 41.3 cm³/mol. The third-order valence-corrected chi connectivity index (χ3v) is 1.47. The zero-order chi connectivity index (χ0) is 10.6. The van der Waals surface area contributed by atoms with Crippen LogP contribution in [0.25, 0.3) is 0 Å². The number of hydrogen-bond donors (Lipinski definition) is 1. The van der Waals surface area contributed by atoms with E-state index in [1.807, 2.05) is 0 Å². The Morgan fingerprint density at radius 3 is 2.71 bits per heavy atom. The van der Waals surface area contributed by atoms with E-state index in [2.05, 4.69) is 4.98 Å². The second kappa shape index (κ2) is 4.12. The summed E-state index contributed by atoms with van der Waals surface area (Å²) in [5.41, 5.74) is 0. The van der Waals surface area contributed by atoms with E-state index in [-0.39, 0.29) is 13.1 Å². The lowest BCUT2D eigenvalue weighted by Gasteiger charge is -2.07. The number of imidazole rings is 1. The number of amides is 1. The smallest absolute Gasteiger partial charge is 0.346 e. The highest BCUT2D eigenvalue weighted by Crippen LogP contribution is 2.13. The molecule has 0 aliphatic carbocycles. The maximum atomic E-state index is 11.7. The minimum atomic E-state index is -4.81. The molecule has 1 aromatic rings. The van der Waals surface area contributed by atoms with Gasteiger partial charge in [-0.25, -0.2) is 4.98 Å². The van der Waals surface area contributed by atoms with Gasteiger partial charge in [-0.1, -0.05) is 0 Å². The summed E-state index contributed by atoms with van der Waals surface area (Å²) in [6.07, 6.45) is -0.250. The Bertz CT molecular complexity index is 294. The Labute approximate surface area is 77.7 Å². The highest BCUT2D eigenvalue weighted by Gasteiger charge is 2.38. The minimum Gasteiger partial charge on any atom is -0.346 e. The van der Waals surface area contributed by atoms with Gasteiger partial charge in [0.1, 0.15) is 0 Å². The minimum absolute atomic E-state index is 0.0747. The van der Waals surface area contributed by atoms with Gasteiger partial charge in [0, 0.05) is 25.5 Å². The van der Waals surface area contributed by atoms with E-state index in [0.29, 0.717) is 0 Å². The molecule has 4 nitrogen and oxygen atoms in total. The Kier molecular flexibility index (Phi) is 3.10. The van der Waals surface area contributed by atoms with Crippen molar-refractivity contribution in [3.05, 3.63) is 18.7 Å². The van der Waals surface area contributed by atoms with Gasteiger partial charge in [-0.15, -0.1) is 0 Å². The lowest BCUT2D eigenvalue weighted by molar-refractivity contribution is -0.173. The van der Waals surface area contributed by atoms with E-state index in [4.69, 9.17) is 0 Å². The normalized spacial score (nSPS) is 11.4. The van der Waals surface area contributed by atoms with Crippen molar-refractivity contribution in [2.45, 2.75) is 12.7 Å². The van der Waals surface area contributed by atoms with Gasteiger partial charge in [0.05, 0.1) is 6.33 Å². The molecule has 7 heteroatoms. The molecule has 1 rings (SSSR count). The summed E-state index contributed by atoms with van der Waals surface area (Å²) < 4.78 is 36.6. The molecule has 78 valence electrons. The Hall–Kier alpha value is -1.53. The molecule has 0 fully saturated rings. The second-order valence-corrected chi connectivity index (χ2v) is 2.55. The number of hydrogen-bond acceptors (Lipinski definition) is 2. The van der Waals surface area contributed by atoms with Gasteiger partial charge >= 0.3 is 12.1 Å². The Balaban J connectivity index is 2.26. The average molecular weight is 207 g/mol. The van der Waals surface area contributed by atoms with Gasteiger partial charge in [0.15, 0.2) is 0 Å². The highest BCUT2D eigenvalue weighted by molar-refractivity contribution is 5.81. The molecule has 0 radical (unpaired) electrons. The van der Waals surface area contributed by atoms with Crippen molar-refractivity contribution < 1.29 is 18.0 Å². The van der Waals surface area contributed by atoms with Crippen molar-refractivity contribution in [1.82, 2.24) is 14.9 Å². The topological polar surface area (TPSA) is 46.9 Å². The zero-order valence-electron chi connectivity index (χ0n) is 7.08. The summed E-state index contributed by atoms with van der Waals surface area (Å²) in [6.45, 7) is 0.191. The molecular weight excluding hydrogens is 199 g/mol. The molecule has 0 saturated carbocycles. The van der Waals surface area contributed by atoms with Crippen molar-refractivity contribution in [3.8, 4) is 0 Å². The number of rotatable bonds is 3. The van der Waals surface area contributed by atoms with Gasteiger partial charge in [-0.2, -0.15) is 13.2 Å². The molecule has 0 aliphatic heterocycles. The van der Waals surface area contributed by atoms with Crippen molar-refractivity contribution >= 4 is 5.91 Å². The molecular formula is C7H8F3N3O. The summed E-state index contributed by atoms with van der Waals surface area (Å²) in [6, 6.07) is 0. The predicted octanol–water partition coefficient (Wildman–Crippen LogP) is 0.562. The lowest BCUT2D eigenvalue weighted by Crippen LogP contribution is -2.38. The highest BCUT2D eigenvalue weighted by atomic mass is 19.4. The summed E-state index contributed by atoms with van der Waals surface area (Å²) >= 11 is 0. The average Bonchev–Trinajstić information content (AvgIpc) is 2.55. The summed E-state index contributed by atoms with van der Waals surface area (Å²) in [4.78, 5) is 14.0. The van der Waals surface area contributed by atoms with E-state index < -0.39 is 12.1 Å². The molecule has 0 aliphatic rings. The van der Waals surface area contributed by atoms with Crippen molar-refractivity contribution in [3.63, 3.8) is 0 Å². The fourth-order valence-corrected chi connectivity index (χ4v) is 0.818. The molecule has 1 amide bonds. The first-order chi connectivity index (χ1) is 6.50. The molecule has 0 unspecified atom stereocenters. The van der Waals surface area contributed by atoms with Crippen LogP contribution in [0.3, 0.4) is 0 Å². The number of halogens is 3. The van der Waals surface area contributed by atoms with Gasteiger partial charge in [0.2, 0.25) is 0 Å². The molecule has 0 atom stereocenters. The first kappa shape index (κ1) is 10.6. The van der Waals surface area contributed by atoms with Gasteiger partial charge in [-0.3, -0.25) is 4.79 Å². The van der Waals surface area contributed by atoms with Crippen LogP contribution >= 0.6 is 0 Å². The van der Waals surface area contributed by atoms with Gasteiger partial charge < -0.3 is 9.88 Å². The monoisotopic (exact) mass is 207 g/mol. The number of carbonyl (C=O) groups excluding carboxylic acids is 1. The van der Waals surface area contributed by atoms with E-state index in [1.165, 1.54) is 12.5 Å². The van der Waals surface area contributed by atoms with Crippen molar-refractivity contribution in [2.24, 2.45) is 0 Å². The molecule has 0 aromatic carbocycles. The van der Waals surface area contributed by atoms with E-state index in [0.717, 1.165) is 0 Å². The van der Waals surface area contributed by atoms with Crippen molar-refractivity contribution in [1.29, 1.82) is 0 Å². The first-order valence-electron chi connectivity index (χ1n) is 3.81. The third-order valence-electron chi connectivity index (χ3n) is 1.47. The number of alkyl halides is 3. The van der Waals surface area contributed by atoms with E-state index in [9.17, 15) is 18.0 Å². The maximum Gasteiger partial charge on any atom is 0.471 e. The summed E-state index contributed by atoms with van der Waals surface area (Å²) in [5.74, 6) is -1.92. The van der Waals surface area contributed by atoms with E-state index >= 15 is 0 Å². The molecule has 0 saturated heterocycles. The van der Waals surface area contributed by atoms with Crippen LogP contribution in [-0.4, -0.2) is 28.2 Å². The van der Waals surface area contributed by atoms with Crippen LogP contribution in [0.4, 0.5) is 13.2 Å². The van der Waals surface area contributed by atoms with Crippen LogP contribution in [0.5, 0.6) is 0 Å². The molecule has 1 aromatic heterocycles.